The highest BCUT2D eigenvalue weighted by molar-refractivity contribution is 5.68. The Balaban J connectivity index is 1.79. The van der Waals surface area contributed by atoms with Crippen LogP contribution in [0, 0.1) is 0 Å². The maximum absolute atomic E-state index is 4.41. The molecule has 1 aromatic heterocycles. The van der Waals surface area contributed by atoms with Gasteiger partial charge in [-0.05, 0) is 25.1 Å². The molecule has 0 fully saturated rings. The Kier molecular flexibility index (Phi) is 3.78. The maximum atomic E-state index is 4.41. The number of nitrogens with one attached hydrogen (secondary N) is 2. The van der Waals surface area contributed by atoms with Crippen LogP contribution in [-0.2, 0) is 6.42 Å². The number of anilines is 3. The largest absolute Gasteiger partial charge is 0.369 e. The standard InChI is InChI=1S/C15H19N5/c1-16-7-8-17-14-10-15(19-11-18-14)20-9-6-12-4-2-3-5-13(12)20/h2-5,10-11,16H,6-9H2,1H3,(H,17,18,19). The van der Waals surface area contributed by atoms with E-state index in [9.17, 15) is 0 Å². The zero-order valence-electron chi connectivity index (χ0n) is 11.6. The number of hydrogen-bond acceptors (Lipinski definition) is 5. The average Bonchev–Trinajstić information content (AvgIpc) is 2.92. The Labute approximate surface area is 119 Å². The highest BCUT2D eigenvalue weighted by Gasteiger charge is 2.20. The molecule has 0 saturated carbocycles. The van der Waals surface area contributed by atoms with Crippen molar-refractivity contribution in [3.63, 3.8) is 0 Å². The topological polar surface area (TPSA) is 53.1 Å². The molecule has 20 heavy (non-hydrogen) atoms. The SMILES string of the molecule is CNCCNc1cc(N2CCc3ccccc32)ncn1. The summed E-state index contributed by atoms with van der Waals surface area (Å²) in [4.78, 5) is 10.9. The van der Waals surface area contributed by atoms with Crippen molar-refractivity contribution < 1.29 is 0 Å². The van der Waals surface area contributed by atoms with Gasteiger partial charge in [0, 0.05) is 31.4 Å². The predicted octanol–water partition coefficient (Wildman–Crippen LogP) is 1.80. The Morgan fingerprint density at radius 2 is 2.10 bits per heavy atom. The van der Waals surface area contributed by atoms with Crippen LogP contribution in [0.15, 0.2) is 36.7 Å². The lowest BCUT2D eigenvalue weighted by molar-refractivity contribution is 0.820. The van der Waals surface area contributed by atoms with Gasteiger partial charge in [-0.2, -0.15) is 0 Å². The lowest BCUT2D eigenvalue weighted by Gasteiger charge is -2.18. The summed E-state index contributed by atoms with van der Waals surface area (Å²) >= 11 is 0. The number of benzene rings is 1. The summed E-state index contributed by atoms with van der Waals surface area (Å²) in [6, 6.07) is 10.5. The van der Waals surface area contributed by atoms with Crippen LogP contribution < -0.4 is 15.5 Å². The Morgan fingerprint density at radius 3 is 3.00 bits per heavy atom. The molecule has 0 amide bonds. The monoisotopic (exact) mass is 269 g/mol. The molecule has 1 aromatic carbocycles. The second kappa shape index (κ2) is 5.88. The molecule has 0 spiro atoms. The van der Waals surface area contributed by atoms with Gasteiger partial charge in [0.05, 0.1) is 0 Å². The molecule has 5 nitrogen and oxygen atoms in total. The second-order valence-electron chi connectivity index (χ2n) is 4.82. The van der Waals surface area contributed by atoms with Gasteiger partial charge in [-0.3, -0.25) is 0 Å². The Bertz CT molecular complexity index is 584. The van der Waals surface area contributed by atoms with Crippen molar-refractivity contribution >= 4 is 17.3 Å². The molecule has 0 atom stereocenters. The molecule has 2 aromatic rings. The Morgan fingerprint density at radius 1 is 1.20 bits per heavy atom. The van der Waals surface area contributed by atoms with Crippen LogP contribution >= 0.6 is 0 Å². The van der Waals surface area contributed by atoms with Gasteiger partial charge in [0.1, 0.15) is 18.0 Å². The highest BCUT2D eigenvalue weighted by atomic mass is 15.2. The zero-order chi connectivity index (χ0) is 13.8. The molecule has 0 radical (unpaired) electrons. The minimum atomic E-state index is 0.851. The molecule has 2 heterocycles. The molecular formula is C15H19N5. The van der Waals surface area contributed by atoms with Crippen LogP contribution in [0.3, 0.4) is 0 Å². The van der Waals surface area contributed by atoms with Gasteiger partial charge in [0.2, 0.25) is 0 Å². The van der Waals surface area contributed by atoms with Crippen molar-refractivity contribution in [2.75, 3.05) is 36.9 Å². The summed E-state index contributed by atoms with van der Waals surface area (Å²) in [5.41, 5.74) is 2.64. The minimum absolute atomic E-state index is 0.851. The fourth-order valence-corrected chi connectivity index (χ4v) is 2.48. The van der Waals surface area contributed by atoms with Crippen LogP contribution in [-0.4, -0.2) is 36.6 Å². The predicted molar refractivity (Wildman–Crippen MR) is 81.6 cm³/mol. The van der Waals surface area contributed by atoms with E-state index in [0.29, 0.717) is 0 Å². The van der Waals surface area contributed by atoms with Crippen LogP contribution in [0.4, 0.5) is 17.3 Å². The van der Waals surface area contributed by atoms with Gasteiger partial charge < -0.3 is 15.5 Å². The minimum Gasteiger partial charge on any atom is -0.369 e. The van der Waals surface area contributed by atoms with E-state index in [1.54, 1.807) is 6.33 Å². The Hall–Kier alpha value is -2.14. The van der Waals surface area contributed by atoms with Gasteiger partial charge in [-0.25, -0.2) is 9.97 Å². The first-order valence-corrected chi connectivity index (χ1v) is 6.94. The quantitative estimate of drug-likeness (QED) is 0.811. The van der Waals surface area contributed by atoms with Gasteiger partial charge in [0.15, 0.2) is 0 Å². The van der Waals surface area contributed by atoms with Crippen molar-refractivity contribution in [3.05, 3.63) is 42.2 Å². The molecule has 5 heteroatoms. The van der Waals surface area contributed by atoms with Crippen molar-refractivity contribution in [1.29, 1.82) is 0 Å². The van der Waals surface area contributed by atoms with E-state index in [1.165, 1.54) is 11.3 Å². The van der Waals surface area contributed by atoms with Crippen LogP contribution in [0.2, 0.25) is 0 Å². The van der Waals surface area contributed by atoms with Gasteiger partial charge in [-0.1, -0.05) is 18.2 Å². The molecule has 0 saturated heterocycles. The van der Waals surface area contributed by atoms with Crippen molar-refractivity contribution in [1.82, 2.24) is 15.3 Å². The van der Waals surface area contributed by atoms with Gasteiger partial charge in [0.25, 0.3) is 0 Å². The maximum Gasteiger partial charge on any atom is 0.138 e. The summed E-state index contributed by atoms with van der Waals surface area (Å²) in [6.45, 7) is 2.74. The fourth-order valence-electron chi connectivity index (χ4n) is 2.48. The molecule has 1 aliphatic heterocycles. The summed E-state index contributed by atoms with van der Waals surface area (Å²) in [6.07, 6.45) is 2.70. The summed E-state index contributed by atoms with van der Waals surface area (Å²) in [5.74, 6) is 1.83. The molecule has 0 bridgehead atoms. The van der Waals surface area contributed by atoms with Gasteiger partial charge in [-0.15, -0.1) is 0 Å². The second-order valence-corrected chi connectivity index (χ2v) is 4.82. The molecule has 0 unspecified atom stereocenters. The summed E-state index contributed by atoms with van der Waals surface area (Å²) in [7, 11) is 1.94. The molecule has 3 rings (SSSR count). The number of para-hydroxylation sites is 1. The first-order chi connectivity index (χ1) is 9.88. The third-order valence-corrected chi connectivity index (χ3v) is 3.50. The molecular weight excluding hydrogens is 250 g/mol. The van der Waals surface area contributed by atoms with E-state index in [1.807, 2.05) is 13.1 Å². The van der Waals surface area contributed by atoms with Crippen molar-refractivity contribution in [3.8, 4) is 0 Å². The molecule has 2 N–H and O–H groups in total. The number of nitrogens with zero attached hydrogens (tertiary/aromatic N) is 3. The van der Waals surface area contributed by atoms with Gasteiger partial charge >= 0.3 is 0 Å². The summed E-state index contributed by atoms with van der Waals surface area (Å²) in [5, 5.41) is 6.40. The molecule has 1 aliphatic rings. The van der Waals surface area contributed by atoms with Crippen molar-refractivity contribution in [2.45, 2.75) is 6.42 Å². The molecule has 104 valence electrons. The molecule has 0 aliphatic carbocycles. The van der Waals surface area contributed by atoms with Crippen LogP contribution in [0.1, 0.15) is 5.56 Å². The van der Waals surface area contributed by atoms with E-state index in [0.717, 1.165) is 37.7 Å². The third-order valence-electron chi connectivity index (χ3n) is 3.50. The lowest BCUT2D eigenvalue weighted by Crippen LogP contribution is -2.19. The smallest absolute Gasteiger partial charge is 0.138 e. The first-order valence-electron chi connectivity index (χ1n) is 6.94. The zero-order valence-corrected chi connectivity index (χ0v) is 11.6. The number of rotatable bonds is 5. The third kappa shape index (κ3) is 2.58. The van der Waals surface area contributed by atoms with Crippen molar-refractivity contribution in [2.24, 2.45) is 0 Å². The van der Waals surface area contributed by atoms with E-state index in [-0.39, 0.29) is 0 Å². The normalized spacial score (nSPS) is 13.3. The number of fused-ring (bicyclic) bond motifs is 1. The fraction of sp³-hybridized carbons (Fsp3) is 0.333. The summed E-state index contributed by atoms with van der Waals surface area (Å²) < 4.78 is 0. The van der Waals surface area contributed by atoms with E-state index in [2.05, 4.69) is 49.8 Å². The van der Waals surface area contributed by atoms with E-state index in [4.69, 9.17) is 0 Å². The lowest BCUT2D eigenvalue weighted by atomic mass is 10.2. The highest BCUT2D eigenvalue weighted by Crippen LogP contribution is 2.33. The first kappa shape index (κ1) is 12.9. The number of likely N-dealkylation sites (N-methyl/N-ethyl adjacent to an activating group) is 1. The van der Waals surface area contributed by atoms with E-state index >= 15 is 0 Å². The number of hydrogen-bond donors (Lipinski definition) is 2. The van der Waals surface area contributed by atoms with E-state index < -0.39 is 0 Å². The van der Waals surface area contributed by atoms with Crippen LogP contribution in [0.5, 0.6) is 0 Å². The number of aromatic nitrogens is 2. The van der Waals surface area contributed by atoms with Crippen LogP contribution in [0.25, 0.3) is 0 Å². The average molecular weight is 269 g/mol.